The van der Waals surface area contributed by atoms with Crippen LogP contribution < -0.4 is 29.7 Å². The summed E-state index contributed by atoms with van der Waals surface area (Å²) in [5.74, 6) is 2.17. The fourth-order valence-corrected chi connectivity index (χ4v) is 13.4. The molecular weight excluding hydrogens is 1210 g/mol. The molecule has 3 aliphatic heterocycles. The first-order chi connectivity index (χ1) is 45.9. The molecule has 2 N–H and O–H groups in total. The minimum atomic E-state index is -0.793. The summed E-state index contributed by atoms with van der Waals surface area (Å²) in [7, 11) is 1.57. The Kier molecular flexibility index (Phi) is 29.6. The lowest BCUT2D eigenvalue weighted by molar-refractivity contribution is -0.141. The van der Waals surface area contributed by atoms with Crippen LogP contribution in [0.25, 0.3) is 11.1 Å². The summed E-state index contributed by atoms with van der Waals surface area (Å²) in [6, 6.07) is 21.5. The van der Waals surface area contributed by atoms with Crippen LogP contribution in [0.4, 0.5) is 10.5 Å². The summed E-state index contributed by atoms with van der Waals surface area (Å²) in [6.07, 6.45) is 11.2. The molecule has 95 heavy (non-hydrogen) atoms. The molecule has 8 rings (SSSR count). The van der Waals surface area contributed by atoms with Crippen LogP contribution in [0, 0.1) is 32.6 Å². The van der Waals surface area contributed by atoms with Crippen molar-refractivity contribution in [2.45, 2.75) is 176 Å². The van der Waals surface area contributed by atoms with Gasteiger partial charge in [0.15, 0.2) is 0 Å². The molecular formula is C75H111N7O13. The Labute approximate surface area is 566 Å². The van der Waals surface area contributed by atoms with Gasteiger partial charge in [-0.1, -0.05) is 56.9 Å². The number of hydrogen-bond acceptors (Lipinski definition) is 16. The highest BCUT2D eigenvalue weighted by Crippen LogP contribution is 2.37. The molecule has 1 aromatic heterocycles. The average Bonchev–Trinajstić information content (AvgIpc) is 1.75. The van der Waals surface area contributed by atoms with E-state index in [9.17, 15) is 19.2 Å². The van der Waals surface area contributed by atoms with Crippen molar-refractivity contribution in [1.29, 1.82) is 0 Å². The van der Waals surface area contributed by atoms with Crippen LogP contribution in [0.2, 0.25) is 0 Å². The fourth-order valence-electron chi connectivity index (χ4n) is 13.4. The van der Waals surface area contributed by atoms with E-state index in [0.29, 0.717) is 109 Å². The molecule has 3 aromatic carbocycles. The van der Waals surface area contributed by atoms with Crippen LogP contribution in [0.3, 0.4) is 0 Å². The van der Waals surface area contributed by atoms with Crippen LogP contribution in [-0.4, -0.2) is 199 Å². The highest BCUT2D eigenvalue weighted by molar-refractivity contribution is 5.99. The van der Waals surface area contributed by atoms with Gasteiger partial charge in [-0.15, -0.1) is 0 Å². The number of fused-ring (bicyclic) bond motifs is 1. The number of nitrogens with zero attached hydrogens (tertiary/aromatic N) is 5. The predicted octanol–water partition coefficient (Wildman–Crippen LogP) is 11.1. The highest BCUT2D eigenvalue weighted by Gasteiger charge is 2.45. The van der Waals surface area contributed by atoms with E-state index in [1.54, 1.807) is 34.7 Å². The Morgan fingerprint density at radius 3 is 1.94 bits per heavy atom. The van der Waals surface area contributed by atoms with E-state index in [2.05, 4.69) is 64.3 Å². The Morgan fingerprint density at radius 2 is 1.33 bits per heavy atom. The molecule has 20 heteroatoms. The van der Waals surface area contributed by atoms with Gasteiger partial charge in [0.1, 0.15) is 42.4 Å². The summed E-state index contributed by atoms with van der Waals surface area (Å²) < 4.78 is 52.4. The number of ether oxygens (including phenoxy) is 9. The zero-order valence-electron chi connectivity index (χ0n) is 58.8. The molecule has 4 atom stereocenters. The van der Waals surface area contributed by atoms with Crippen LogP contribution in [0.1, 0.15) is 150 Å². The molecule has 0 spiro atoms. The van der Waals surface area contributed by atoms with E-state index >= 15 is 0 Å². The summed E-state index contributed by atoms with van der Waals surface area (Å²) >= 11 is 0. The van der Waals surface area contributed by atoms with Gasteiger partial charge in [0.25, 0.3) is 5.91 Å². The largest absolute Gasteiger partial charge is 0.491 e. The van der Waals surface area contributed by atoms with Crippen molar-refractivity contribution < 1.29 is 61.8 Å². The molecule has 20 nitrogen and oxygen atoms in total. The Balaban J connectivity index is 0.675. The minimum absolute atomic E-state index is 0.0211. The standard InChI is InChI=1S/C75H111N7O13/c1-11-13-35-94-72-66(53(3)48-54(4)77-72)51-76-71(84)65-49-61(50-67(55(65)5)81(12-2)62-30-36-87-37-31-62)58-21-25-64(26-22-58)93-47-45-91-43-41-89-39-38-88-40-42-90-44-46-92-63-23-19-57(20-24-63)27-32-80-33-28-59-29-34-82(68(59)52-80)73(85)69(60-17-15-14-16-18-60)78-70(83)56(6)79(10)74(86)95-75(7,8)9/h19-26,48-50,56,59-60,62,68-69H,11-18,27-47,51-52H2,1-10H3,(H,76,84)(H,78,83)/t56-,59-,68-,69-/m0/s1. The number of rotatable bonds is 36. The number of benzene rings is 3. The third-order valence-corrected chi connectivity index (χ3v) is 19.0. The van der Waals surface area contributed by atoms with Gasteiger partial charge >= 0.3 is 6.09 Å². The molecule has 0 radical (unpaired) electrons. The second kappa shape index (κ2) is 37.8. The second-order valence-electron chi connectivity index (χ2n) is 27.0. The average molecular weight is 1320 g/mol. The van der Waals surface area contributed by atoms with Gasteiger partial charge in [-0.3, -0.25) is 19.3 Å². The lowest BCUT2D eigenvalue weighted by Crippen LogP contribution is -2.59. The van der Waals surface area contributed by atoms with Gasteiger partial charge in [0.05, 0.1) is 59.5 Å². The maximum absolute atomic E-state index is 14.6. The summed E-state index contributed by atoms with van der Waals surface area (Å²) in [4.78, 5) is 68.4. The summed E-state index contributed by atoms with van der Waals surface area (Å²) in [6.45, 7) is 28.4. The van der Waals surface area contributed by atoms with Crippen molar-refractivity contribution in [1.82, 2.24) is 30.3 Å². The SMILES string of the molecule is CCCCOc1nc(C)cc(C)c1CNC(=O)c1cc(-c2ccc(OCCOCCOCCOCCOCCOc3ccc(CCN4CC[C@H]5CCN(C(=O)[C@@H](NC(=O)[C@H](C)N(C)C(=O)OC(C)(C)C)C6CCCCC6)[C@H]5C4)cc3)cc2)cc(N(CC)C2CCOCC2)c1C. The Morgan fingerprint density at radius 1 is 0.716 bits per heavy atom. The zero-order chi connectivity index (χ0) is 67.7. The first-order valence-corrected chi connectivity index (χ1v) is 35.3. The van der Waals surface area contributed by atoms with Crippen molar-refractivity contribution in [2.75, 3.05) is 131 Å². The van der Waals surface area contributed by atoms with Crippen LogP contribution in [-0.2, 0) is 51.0 Å². The molecule has 4 heterocycles. The molecule has 4 fully saturated rings. The number of nitrogens with one attached hydrogen (secondary N) is 2. The first-order valence-electron chi connectivity index (χ1n) is 35.3. The van der Waals surface area contributed by atoms with E-state index in [1.165, 1.54) is 10.5 Å². The quantitative estimate of drug-likeness (QED) is 0.0407. The van der Waals surface area contributed by atoms with Crippen molar-refractivity contribution in [3.63, 3.8) is 0 Å². The van der Waals surface area contributed by atoms with Crippen molar-refractivity contribution in [3.05, 3.63) is 100 Å². The number of likely N-dealkylation sites (tertiary alicyclic amines) is 2. The van der Waals surface area contributed by atoms with Gasteiger partial charge in [-0.2, -0.15) is 0 Å². The number of pyridine rings is 1. The van der Waals surface area contributed by atoms with Gasteiger partial charge in [-0.25, -0.2) is 9.78 Å². The van der Waals surface area contributed by atoms with Crippen LogP contribution in [0.15, 0.2) is 66.7 Å². The predicted molar refractivity (Wildman–Crippen MR) is 370 cm³/mol. The van der Waals surface area contributed by atoms with Gasteiger partial charge in [0.2, 0.25) is 17.7 Å². The van der Waals surface area contributed by atoms with E-state index in [1.807, 2.05) is 62.4 Å². The third kappa shape index (κ3) is 22.5. The van der Waals surface area contributed by atoms with Crippen molar-refractivity contribution in [3.8, 4) is 28.5 Å². The van der Waals surface area contributed by atoms with Crippen LogP contribution in [0.5, 0.6) is 17.4 Å². The molecule has 0 bridgehead atoms. The summed E-state index contributed by atoms with van der Waals surface area (Å²) in [5, 5.41) is 6.37. The fraction of sp³-hybridized carbons (Fsp3) is 0.640. The van der Waals surface area contributed by atoms with E-state index in [0.717, 1.165) is 167 Å². The topological polar surface area (TPSA) is 201 Å². The Hall–Kier alpha value is -6.55. The van der Waals surface area contributed by atoms with E-state index in [-0.39, 0.29) is 29.7 Å². The van der Waals surface area contributed by atoms with Crippen LogP contribution >= 0.6 is 0 Å². The monoisotopic (exact) mass is 1320 g/mol. The molecule has 524 valence electrons. The number of amides is 4. The van der Waals surface area contributed by atoms with E-state index < -0.39 is 23.8 Å². The maximum Gasteiger partial charge on any atom is 0.410 e. The molecule has 1 aliphatic carbocycles. The van der Waals surface area contributed by atoms with Gasteiger partial charge < -0.3 is 68.0 Å². The highest BCUT2D eigenvalue weighted by atomic mass is 16.6. The summed E-state index contributed by atoms with van der Waals surface area (Å²) in [5.41, 5.74) is 7.91. The number of likely N-dealkylation sites (N-methyl/N-ethyl adjacent to an activating group) is 1. The smallest absolute Gasteiger partial charge is 0.410 e. The first kappa shape index (κ1) is 74.2. The van der Waals surface area contributed by atoms with E-state index in [4.69, 9.17) is 47.6 Å². The van der Waals surface area contributed by atoms with Gasteiger partial charge in [0, 0.05) is 87.6 Å². The lowest BCUT2D eigenvalue weighted by Gasteiger charge is -2.41. The molecule has 4 amide bonds. The van der Waals surface area contributed by atoms with Gasteiger partial charge in [-0.05, 0) is 195 Å². The molecule has 0 unspecified atom stereocenters. The number of anilines is 1. The maximum atomic E-state index is 14.6. The third-order valence-electron chi connectivity index (χ3n) is 19.0. The zero-order valence-corrected chi connectivity index (χ0v) is 58.8. The van der Waals surface area contributed by atoms with Crippen molar-refractivity contribution in [2.24, 2.45) is 11.8 Å². The molecule has 1 saturated carbocycles. The number of aromatic nitrogens is 1. The number of carbonyl (C=O) groups is 4. The number of unbranched alkanes of at least 4 members (excludes halogenated alkanes) is 1. The lowest BCUT2D eigenvalue weighted by atomic mass is 9.83. The number of aryl methyl sites for hydroxylation is 2. The minimum Gasteiger partial charge on any atom is -0.491 e. The van der Waals surface area contributed by atoms with Crippen molar-refractivity contribution >= 4 is 29.5 Å². The Bertz CT molecular complexity index is 3020. The number of hydrogen-bond donors (Lipinski definition) is 2. The number of piperidine rings is 1. The normalized spacial score (nSPS) is 17.8. The number of carbonyl (C=O) groups excluding carboxylic acids is 4. The molecule has 4 aliphatic rings. The second-order valence-corrected chi connectivity index (χ2v) is 27.0. The molecule has 4 aromatic rings. The molecule has 3 saturated heterocycles.